The Hall–Kier alpha value is -0.140. The van der Waals surface area contributed by atoms with Crippen molar-refractivity contribution < 1.29 is 8.42 Å². The van der Waals surface area contributed by atoms with Crippen molar-refractivity contribution in [1.29, 1.82) is 0 Å². The Kier molecular flexibility index (Phi) is 5.48. The number of thiophene rings is 1. The van der Waals surface area contributed by atoms with Crippen LogP contribution in [0.1, 0.15) is 17.7 Å². The summed E-state index contributed by atoms with van der Waals surface area (Å²) in [4.78, 5) is 3.18. The van der Waals surface area contributed by atoms with E-state index < -0.39 is 10.0 Å². The Morgan fingerprint density at radius 3 is 2.60 bits per heavy atom. The van der Waals surface area contributed by atoms with E-state index in [1.165, 1.54) is 15.6 Å². The summed E-state index contributed by atoms with van der Waals surface area (Å²) in [5, 5.41) is 0. The summed E-state index contributed by atoms with van der Waals surface area (Å²) in [6, 6.07) is 3.44. The topological polar surface area (TPSA) is 40.6 Å². The van der Waals surface area contributed by atoms with Gasteiger partial charge in [-0.2, -0.15) is 4.31 Å². The summed E-state index contributed by atoms with van der Waals surface area (Å²) in [6.07, 6.45) is 2.13. The van der Waals surface area contributed by atoms with Gasteiger partial charge in [0.2, 0.25) is 0 Å². The average molecular weight is 337 g/mol. The molecule has 1 saturated heterocycles. The highest BCUT2D eigenvalue weighted by Crippen LogP contribution is 2.27. The summed E-state index contributed by atoms with van der Waals surface area (Å²) < 4.78 is 26.8. The third-order valence-corrected chi connectivity index (χ3v) is 7.61. The van der Waals surface area contributed by atoms with Gasteiger partial charge in [-0.15, -0.1) is 22.9 Å². The molecule has 20 heavy (non-hydrogen) atoms. The molecule has 0 radical (unpaired) electrons. The Balaban J connectivity index is 2.01. The van der Waals surface area contributed by atoms with E-state index in [4.69, 9.17) is 11.6 Å². The first-order chi connectivity index (χ1) is 9.43. The van der Waals surface area contributed by atoms with Gasteiger partial charge in [-0.25, -0.2) is 8.42 Å². The van der Waals surface area contributed by atoms with Gasteiger partial charge in [-0.3, -0.25) is 0 Å². The number of hydrogen-bond acceptors (Lipinski definition) is 4. The zero-order valence-corrected chi connectivity index (χ0v) is 14.3. The summed E-state index contributed by atoms with van der Waals surface area (Å²) in [5.74, 6) is 0.817. The molecule has 7 heteroatoms. The van der Waals surface area contributed by atoms with Crippen LogP contribution < -0.4 is 0 Å². The molecule has 0 bridgehead atoms. The summed E-state index contributed by atoms with van der Waals surface area (Å²) in [5.41, 5.74) is 0. The number of hydrogen-bond donors (Lipinski definition) is 0. The van der Waals surface area contributed by atoms with Crippen LogP contribution in [0.5, 0.6) is 0 Å². The largest absolute Gasteiger partial charge is 0.306 e. The van der Waals surface area contributed by atoms with Crippen molar-refractivity contribution in [3.8, 4) is 0 Å². The lowest BCUT2D eigenvalue weighted by atomic mass is 9.97. The fourth-order valence-electron chi connectivity index (χ4n) is 2.43. The van der Waals surface area contributed by atoms with Crippen molar-refractivity contribution in [3.63, 3.8) is 0 Å². The molecule has 0 aromatic carbocycles. The maximum absolute atomic E-state index is 12.5. The van der Waals surface area contributed by atoms with Crippen molar-refractivity contribution in [1.82, 2.24) is 9.21 Å². The summed E-state index contributed by atoms with van der Waals surface area (Å²) in [6.45, 7) is 2.70. The minimum absolute atomic E-state index is 0.360. The zero-order valence-electron chi connectivity index (χ0n) is 11.9. The molecule has 1 aliphatic rings. The Morgan fingerprint density at radius 1 is 1.40 bits per heavy atom. The molecule has 0 unspecified atom stereocenters. The van der Waals surface area contributed by atoms with Gasteiger partial charge < -0.3 is 4.90 Å². The molecule has 1 aliphatic heterocycles. The van der Waals surface area contributed by atoms with E-state index >= 15 is 0 Å². The van der Waals surface area contributed by atoms with Crippen LogP contribution in [0.2, 0.25) is 0 Å². The van der Waals surface area contributed by atoms with Crippen molar-refractivity contribution in [2.24, 2.45) is 5.92 Å². The molecule has 1 fully saturated rings. The second-order valence-electron chi connectivity index (χ2n) is 5.39. The van der Waals surface area contributed by atoms with E-state index in [2.05, 4.69) is 11.9 Å². The average Bonchev–Trinajstić information content (AvgIpc) is 2.90. The SMILES string of the molecule is CN1CCC(CN(C)S(=O)(=O)c2ccc(CCl)s2)CC1. The summed E-state index contributed by atoms with van der Waals surface area (Å²) in [7, 11) is 0.420. The van der Waals surface area contributed by atoms with E-state index in [1.54, 1.807) is 19.2 Å². The van der Waals surface area contributed by atoms with E-state index in [1.807, 2.05) is 0 Å². The zero-order chi connectivity index (χ0) is 14.8. The fourth-order valence-corrected chi connectivity index (χ4v) is 5.34. The predicted molar refractivity (Wildman–Crippen MR) is 83.9 cm³/mol. The van der Waals surface area contributed by atoms with E-state index in [-0.39, 0.29) is 0 Å². The maximum Gasteiger partial charge on any atom is 0.252 e. The number of rotatable bonds is 5. The quantitative estimate of drug-likeness (QED) is 0.775. The van der Waals surface area contributed by atoms with Crippen LogP contribution >= 0.6 is 22.9 Å². The van der Waals surface area contributed by atoms with Gasteiger partial charge in [0, 0.05) is 18.5 Å². The molecular weight excluding hydrogens is 316 g/mol. The van der Waals surface area contributed by atoms with Crippen LogP contribution in [-0.2, 0) is 15.9 Å². The lowest BCUT2D eigenvalue weighted by Gasteiger charge is -2.31. The number of likely N-dealkylation sites (tertiary alicyclic amines) is 1. The molecule has 0 aliphatic carbocycles. The van der Waals surface area contributed by atoms with Crippen LogP contribution in [0.3, 0.4) is 0 Å². The van der Waals surface area contributed by atoms with Crippen molar-refractivity contribution in [3.05, 3.63) is 17.0 Å². The highest BCUT2D eigenvalue weighted by Gasteiger charge is 2.26. The van der Waals surface area contributed by atoms with E-state index in [9.17, 15) is 8.42 Å². The molecule has 0 spiro atoms. The third-order valence-electron chi connectivity index (χ3n) is 3.79. The van der Waals surface area contributed by atoms with Gasteiger partial charge in [-0.1, -0.05) is 0 Å². The van der Waals surface area contributed by atoms with Crippen molar-refractivity contribution in [2.75, 3.05) is 33.7 Å². The van der Waals surface area contributed by atoms with Gasteiger partial charge in [0.15, 0.2) is 0 Å². The number of sulfonamides is 1. The lowest BCUT2D eigenvalue weighted by Crippen LogP contribution is -2.37. The van der Waals surface area contributed by atoms with Crippen LogP contribution in [0, 0.1) is 5.92 Å². The van der Waals surface area contributed by atoms with Crippen molar-refractivity contribution in [2.45, 2.75) is 22.9 Å². The van der Waals surface area contributed by atoms with Crippen LogP contribution in [-0.4, -0.2) is 51.4 Å². The second kappa shape index (κ2) is 6.75. The molecule has 0 saturated carbocycles. The number of piperidine rings is 1. The molecule has 0 N–H and O–H groups in total. The van der Waals surface area contributed by atoms with Gasteiger partial charge in [0.05, 0.1) is 5.88 Å². The molecule has 1 aromatic heterocycles. The Bertz CT molecular complexity index is 536. The Morgan fingerprint density at radius 2 is 2.05 bits per heavy atom. The third kappa shape index (κ3) is 3.74. The predicted octanol–water partition coefficient (Wildman–Crippen LogP) is 2.45. The van der Waals surface area contributed by atoms with Crippen LogP contribution in [0.25, 0.3) is 0 Å². The summed E-state index contributed by atoms with van der Waals surface area (Å²) >= 11 is 7.00. The molecule has 0 atom stereocenters. The highest BCUT2D eigenvalue weighted by atomic mass is 35.5. The smallest absolute Gasteiger partial charge is 0.252 e. The minimum atomic E-state index is -3.36. The minimum Gasteiger partial charge on any atom is -0.306 e. The normalized spacial score (nSPS) is 18.8. The number of halogens is 1. The van der Waals surface area contributed by atoms with Gasteiger partial charge in [-0.05, 0) is 51.0 Å². The van der Waals surface area contributed by atoms with Crippen LogP contribution in [0.4, 0.5) is 0 Å². The second-order valence-corrected chi connectivity index (χ2v) is 9.09. The highest BCUT2D eigenvalue weighted by molar-refractivity contribution is 7.91. The fraction of sp³-hybridized carbons (Fsp3) is 0.692. The van der Waals surface area contributed by atoms with E-state index in [0.29, 0.717) is 22.6 Å². The molecule has 4 nitrogen and oxygen atoms in total. The molecule has 0 amide bonds. The molecular formula is C13H21ClN2O2S2. The van der Waals surface area contributed by atoms with Gasteiger partial charge >= 0.3 is 0 Å². The first-order valence-electron chi connectivity index (χ1n) is 6.73. The van der Waals surface area contributed by atoms with Gasteiger partial charge in [0.1, 0.15) is 4.21 Å². The molecule has 2 rings (SSSR count). The first kappa shape index (κ1) is 16.2. The molecule has 2 heterocycles. The van der Waals surface area contributed by atoms with E-state index in [0.717, 1.165) is 30.8 Å². The standard InChI is InChI=1S/C13H21ClN2O2S2/c1-15-7-5-11(6-8-15)10-16(2)20(17,18)13-4-3-12(9-14)19-13/h3-4,11H,5-10H2,1-2H3. The lowest BCUT2D eigenvalue weighted by molar-refractivity contribution is 0.202. The number of alkyl halides is 1. The molecule has 1 aromatic rings. The Labute approximate surface area is 130 Å². The molecule has 114 valence electrons. The van der Waals surface area contributed by atoms with Crippen LogP contribution in [0.15, 0.2) is 16.3 Å². The monoisotopic (exact) mass is 336 g/mol. The first-order valence-corrected chi connectivity index (χ1v) is 9.52. The van der Waals surface area contributed by atoms with Gasteiger partial charge in [0.25, 0.3) is 10.0 Å². The maximum atomic E-state index is 12.5. The van der Waals surface area contributed by atoms with Crippen molar-refractivity contribution >= 4 is 33.0 Å². The number of nitrogens with zero attached hydrogens (tertiary/aromatic N) is 2.